The smallest absolute Gasteiger partial charge is 0.254 e. The predicted molar refractivity (Wildman–Crippen MR) is 73.5 cm³/mol. The molecule has 0 fully saturated rings. The molecule has 18 heavy (non-hydrogen) atoms. The Hall–Kier alpha value is -1.55. The van der Waals surface area contributed by atoms with E-state index >= 15 is 0 Å². The monoisotopic (exact) mass is 250 g/mol. The fourth-order valence-electron chi connectivity index (χ4n) is 1.75. The number of likely N-dealkylation sites (N-methyl/N-ethyl adjacent to an activating group) is 1. The maximum Gasteiger partial charge on any atom is 0.254 e. The van der Waals surface area contributed by atoms with Crippen molar-refractivity contribution in [1.29, 1.82) is 0 Å². The molecule has 0 saturated carbocycles. The zero-order chi connectivity index (χ0) is 13.9. The maximum atomic E-state index is 12.3. The second-order valence-corrected chi connectivity index (χ2v) is 5.20. The molecular weight excluding hydrogens is 228 g/mol. The average Bonchev–Trinajstić information content (AvgIpc) is 2.27. The molecule has 100 valence electrons. The molecule has 4 nitrogen and oxygen atoms in total. The second kappa shape index (κ2) is 5.40. The van der Waals surface area contributed by atoms with Crippen molar-refractivity contribution in [2.75, 3.05) is 18.8 Å². The molecule has 1 aromatic rings. The number of rotatable bonds is 4. The molecule has 0 aromatic heterocycles. The van der Waals surface area contributed by atoms with E-state index < -0.39 is 5.60 Å². The van der Waals surface area contributed by atoms with Crippen molar-refractivity contribution in [3.8, 4) is 0 Å². The van der Waals surface area contributed by atoms with E-state index in [-0.39, 0.29) is 5.91 Å². The molecule has 0 spiro atoms. The molecule has 0 aliphatic rings. The molecule has 0 unspecified atom stereocenters. The minimum atomic E-state index is -0.901. The first-order chi connectivity index (χ1) is 8.24. The second-order valence-electron chi connectivity index (χ2n) is 5.20. The standard InChI is InChI=1S/C14H22N2O2/c1-5-16(9-14(3,4)18)13(17)11-7-6-10(2)12(15)8-11/h6-8,18H,5,9,15H2,1-4H3. The maximum absolute atomic E-state index is 12.3. The van der Waals surface area contributed by atoms with Crippen LogP contribution in [0.15, 0.2) is 18.2 Å². The molecule has 0 aliphatic carbocycles. The fraction of sp³-hybridized carbons (Fsp3) is 0.500. The SMILES string of the molecule is CCN(CC(C)(C)O)C(=O)c1ccc(C)c(N)c1. The third-order valence-corrected chi connectivity index (χ3v) is 2.77. The highest BCUT2D eigenvalue weighted by atomic mass is 16.3. The lowest BCUT2D eigenvalue weighted by Crippen LogP contribution is -2.42. The normalized spacial score (nSPS) is 11.4. The zero-order valence-electron chi connectivity index (χ0n) is 11.5. The van der Waals surface area contributed by atoms with Gasteiger partial charge < -0.3 is 15.7 Å². The van der Waals surface area contributed by atoms with Gasteiger partial charge in [-0.3, -0.25) is 4.79 Å². The summed E-state index contributed by atoms with van der Waals surface area (Å²) in [6, 6.07) is 5.28. The highest BCUT2D eigenvalue weighted by molar-refractivity contribution is 5.95. The van der Waals surface area contributed by atoms with Gasteiger partial charge in [0.05, 0.1) is 5.60 Å². The molecule has 1 rings (SSSR count). The first kappa shape index (κ1) is 14.5. The highest BCUT2D eigenvalue weighted by Gasteiger charge is 2.22. The van der Waals surface area contributed by atoms with Gasteiger partial charge in [0, 0.05) is 24.3 Å². The summed E-state index contributed by atoms with van der Waals surface area (Å²) in [5.74, 6) is -0.105. The van der Waals surface area contributed by atoms with E-state index in [1.807, 2.05) is 19.9 Å². The van der Waals surface area contributed by atoms with Crippen LogP contribution in [0.2, 0.25) is 0 Å². The Kier molecular flexibility index (Phi) is 4.35. The Morgan fingerprint density at radius 1 is 1.44 bits per heavy atom. The van der Waals surface area contributed by atoms with Gasteiger partial charge in [0.15, 0.2) is 0 Å². The van der Waals surface area contributed by atoms with E-state index in [1.165, 1.54) is 0 Å². The number of hydrogen-bond donors (Lipinski definition) is 2. The van der Waals surface area contributed by atoms with Crippen molar-refractivity contribution < 1.29 is 9.90 Å². The molecule has 0 saturated heterocycles. The lowest BCUT2D eigenvalue weighted by molar-refractivity contribution is 0.0315. The number of nitrogen functional groups attached to an aromatic ring is 1. The summed E-state index contributed by atoms with van der Waals surface area (Å²) in [4.78, 5) is 13.9. The largest absolute Gasteiger partial charge is 0.398 e. The molecular formula is C14H22N2O2. The highest BCUT2D eigenvalue weighted by Crippen LogP contribution is 2.16. The minimum Gasteiger partial charge on any atom is -0.398 e. The Morgan fingerprint density at radius 3 is 2.50 bits per heavy atom. The Morgan fingerprint density at radius 2 is 2.06 bits per heavy atom. The number of carbonyl (C=O) groups excluding carboxylic acids is 1. The van der Waals surface area contributed by atoms with Crippen molar-refractivity contribution in [3.05, 3.63) is 29.3 Å². The lowest BCUT2D eigenvalue weighted by Gasteiger charge is -2.28. The number of hydrogen-bond acceptors (Lipinski definition) is 3. The van der Waals surface area contributed by atoms with Gasteiger partial charge in [-0.05, 0) is 45.4 Å². The number of nitrogens with zero attached hydrogens (tertiary/aromatic N) is 1. The zero-order valence-corrected chi connectivity index (χ0v) is 11.5. The van der Waals surface area contributed by atoms with Crippen LogP contribution in [0.4, 0.5) is 5.69 Å². The van der Waals surface area contributed by atoms with Gasteiger partial charge in [-0.25, -0.2) is 0 Å². The van der Waals surface area contributed by atoms with Crippen LogP contribution in [-0.4, -0.2) is 34.6 Å². The Labute approximate surface area is 108 Å². The van der Waals surface area contributed by atoms with Crippen LogP contribution < -0.4 is 5.73 Å². The summed E-state index contributed by atoms with van der Waals surface area (Å²) >= 11 is 0. The first-order valence-electron chi connectivity index (χ1n) is 6.12. The molecule has 0 heterocycles. The quantitative estimate of drug-likeness (QED) is 0.801. The van der Waals surface area contributed by atoms with Gasteiger partial charge in [0.2, 0.25) is 0 Å². The van der Waals surface area contributed by atoms with Crippen molar-refractivity contribution in [1.82, 2.24) is 4.90 Å². The molecule has 0 aliphatic heterocycles. The molecule has 1 aromatic carbocycles. The summed E-state index contributed by atoms with van der Waals surface area (Å²) < 4.78 is 0. The fourth-order valence-corrected chi connectivity index (χ4v) is 1.75. The summed E-state index contributed by atoms with van der Waals surface area (Å²) in [6.07, 6.45) is 0. The van der Waals surface area contributed by atoms with Crippen LogP contribution in [0.3, 0.4) is 0 Å². The van der Waals surface area contributed by atoms with Crippen molar-refractivity contribution in [2.45, 2.75) is 33.3 Å². The third kappa shape index (κ3) is 3.74. The van der Waals surface area contributed by atoms with Crippen LogP contribution >= 0.6 is 0 Å². The van der Waals surface area contributed by atoms with E-state index in [1.54, 1.807) is 30.9 Å². The van der Waals surface area contributed by atoms with Crippen LogP contribution in [-0.2, 0) is 0 Å². The van der Waals surface area contributed by atoms with Crippen molar-refractivity contribution >= 4 is 11.6 Å². The average molecular weight is 250 g/mol. The summed E-state index contributed by atoms with van der Waals surface area (Å²) in [5, 5.41) is 9.80. The van der Waals surface area contributed by atoms with Gasteiger partial charge in [0.25, 0.3) is 5.91 Å². The molecule has 0 bridgehead atoms. The van der Waals surface area contributed by atoms with Gasteiger partial charge in [0.1, 0.15) is 0 Å². The van der Waals surface area contributed by atoms with Crippen LogP contribution in [0.1, 0.15) is 36.7 Å². The van der Waals surface area contributed by atoms with E-state index in [2.05, 4.69) is 0 Å². The number of aryl methyl sites for hydroxylation is 1. The van der Waals surface area contributed by atoms with Gasteiger partial charge in [-0.2, -0.15) is 0 Å². The summed E-state index contributed by atoms with van der Waals surface area (Å²) in [5.41, 5.74) is 7.03. The number of aliphatic hydroxyl groups is 1. The third-order valence-electron chi connectivity index (χ3n) is 2.77. The molecule has 3 N–H and O–H groups in total. The van der Waals surface area contributed by atoms with Gasteiger partial charge >= 0.3 is 0 Å². The Bertz CT molecular complexity index is 436. The van der Waals surface area contributed by atoms with E-state index in [9.17, 15) is 9.90 Å². The van der Waals surface area contributed by atoms with Gasteiger partial charge in [-0.15, -0.1) is 0 Å². The first-order valence-corrected chi connectivity index (χ1v) is 6.12. The van der Waals surface area contributed by atoms with Crippen LogP contribution in [0.25, 0.3) is 0 Å². The van der Waals surface area contributed by atoms with Crippen LogP contribution in [0, 0.1) is 6.92 Å². The number of anilines is 1. The topological polar surface area (TPSA) is 66.6 Å². The van der Waals surface area contributed by atoms with Crippen LogP contribution in [0.5, 0.6) is 0 Å². The van der Waals surface area contributed by atoms with E-state index in [4.69, 9.17) is 5.73 Å². The number of amides is 1. The predicted octanol–water partition coefficient (Wildman–Crippen LogP) is 1.81. The van der Waals surface area contributed by atoms with Gasteiger partial charge in [-0.1, -0.05) is 6.07 Å². The van der Waals surface area contributed by atoms with E-state index in [0.717, 1.165) is 5.56 Å². The number of nitrogens with two attached hydrogens (primary N) is 1. The van der Waals surface area contributed by atoms with E-state index in [0.29, 0.717) is 24.3 Å². The minimum absolute atomic E-state index is 0.105. The van der Waals surface area contributed by atoms with Crippen molar-refractivity contribution in [3.63, 3.8) is 0 Å². The molecule has 4 heteroatoms. The summed E-state index contributed by atoms with van der Waals surface area (Å²) in [6.45, 7) is 8.02. The molecule has 1 amide bonds. The van der Waals surface area contributed by atoms with Crippen molar-refractivity contribution in [2.24, 2.45) is 0 Å². The molecule has 0 atom stereocenters. The number of benzene rings is 1. The number of carbonyl (C=O) groups is 1. The molecule has 0 radical (unpaired) electrons. The summed E-state index contributed by atoms with van der Waals surface area (Å²) in [7, 11) is 0. The lowest BCUT2D eigenvalue weighted by atomic mass is 10.1. The Balaban J connectivity index is 2.93.